The summed E-state index contributed by atoms with van der Waals surface area (Å²) >= 11 is 0. The van der Waals surface area contributed by atoms with Crippen molar-refractivity contribution in [2.24, 2.45) is 0 Å². The molecule has 3 aromatic rings. The second-order valence-corrected chi connectivity index (χ2v) is 3.69. The van der Waals surface area contributed by atoms with Crippen molar-refractivity contribution in [3.8, 4) is 11.6 Å². The van der Waals surface area contributed by atoms with E-state index < -0.39 is 0 Å². The van der Waals surface area contributed by atoms with E-state index in [0.717, 1.165) is 11.0 Å². The van der Waals surface area contributed by atoms with Crippen LogP contribution in [0.1, 0.15) is 5.89 Å². The standard InChI is InChI=1S/C12H11N3O2/c1-13-7-11-14-12(15-17-11)10-6-8-4-2-3-5-9(8)16-10/h2-6,13H,7H2,1H3. The quantitative estimate of drug-likeness (QED) is 0.745. The van der Waals surface area contributed by atoms with Gasteiger partial charge in [0.25, 0.3) is 0 Å². The lowest BCUT2D eigenvalue weighted by molar-refractivity contribution is 0.371. The van der Waals surface area contributed by atoms with Gasteiger partial charge in [-0.25, -0.2) is 0 Å². The van der Waals surface area contributed by atoms with Gasteiger partial charge in [-0.05, 0) is 19.2 Å². The normalized spacial score (nSPS) is 11.1. The number of benzene rings is 1. The predicted octanol–water partition coefficient (Wildman–Crippen LogP) is 2.20. The van der Waals surface area contributed by atoms with Gasteiger partial charge in [-0.2, -0.15) is 4.98 Å². The van der Waals surface area contributed by atoms with Crippen LogP contribution in [0.3, 0.4) is 0 Å². The number of hydrogen-bond donors (Lipinski definition) is 1. The third kappa shape index (κ3) is 1.81. The highest BCUT2D eigenvalue weighted by atomic mass is 16.5. The van der Waals surface area contributed by atoms with Gasteiger partial charge in [0.05, 0.1) is 6.54 Å². The zero-order chi connectivity index (χ0) is 11.7. The molecule has 1 aromatic carbocycles. The SMILES string of the molecule is CNCc1nc(-c2cc3ccccc3o2)no1. The molecule has 0 aliphatic carbocycles. The second kappa shape index (κ2) is 4.03. The first-order valence-electron chi connectivity index (χ1n) is 5.33. The van der Waals surface area contributed by atoms with Gasteiger partial charge in [-0.15, -0.1) is 0 Å². The first kappa shape index (κ1) is 10.0. The molecule has 5 nitrogen and oxygen atoms in total. The van der Waals surface area contributed by atoms with Crippen LogP contribution in [0.15, 0.2) is 39.3 Å². The molecule has 0 atom stereocenters. The summed E-state index contributed by atoms with van der Waals surface area (Å²) in [4.78, 5) is 4.23. The number of para-hydroxylation sites is 1. The van der Waals surface area contributed by atoms with Crippen LogP contribution in [0.25, 0.3) is 22.6 Å². The highest BCUT2D eigenvalue weighted by Gasteiger charge is 2.12. The van der Waals surface area contributed by atoms with Gasteiger partial charge in [-0.3, -0.25) is 0 Å². The van der Waals surface area contributed by atoms with Gasteiger partial charge in [0.15, 0.2) is 5.76 Å². The maximum absolute atomic E-state index is 5.64. The minimum atomic E-state index is 0.478. The number of rotatable bonds is 3. The Morgan fingerprint density at radius 3 is 3.00 bits per heavy atom. The van der Waals surface area contributed by atoms with Crippen LogP contribution >= 0.6 is 0 Å². The van der Waals surface area contributed by atoms with E-state index in [1.807, 2.05) is 37.4 Å². The molecule has 0 radical (unpaired) electrons. The molecule has 0 spiro atoms. The Morgan fingerprint density at radius 2 is 2.18 bits per heavy atom. The van der Waals surface area contributed by atoms with Crippen LogP contribution in [-0.2, 0) is 6.54 Å². The van der Waals surface area contributed by atoms with Crippen molar-refractivity contribution in [2.45, 2.75) is 6.54 Å². The number of furan rings is 1. The number of nitrogens with zero attached hydrogens (tertiary/aromatic N) is 2. The number of hydrogen-bond acceptors (Lipinski definition) is 5. The molecule has 86 valence electrons. The summed E-state index contributed by atoms with van der Waals surface area (Å²) in [5.74, 6) is 1.65. The highest BCUT2D eigenvalue weighted by molar-refractivity contribution is 5.81. The Bertz CT molecular complexity index is 609. The molecule has 0 unspecified atom stereocenters. The number of nitrogens with one attached hydrogen (secondary N) is 1. The Hall–Kier alpha value is -2.14. The lowest BCUT2D eigenvalue weighted by atomic mass is 10.2. The molecule has 0 bridgehead atoms. The van der Waals surface area contributed by atoms with Crippen LogP contribution in [-0.4, -0.2) is 17.2 Å². The lowest BCUT2D eigenvalue weighted by Crippen LogP contribution is -2.04. The van der Waals surface area contributed by atoms with Gasteiger partial charge in [0, 0.05) is 5.39 Å². The van der Waals surface area contributed by atoms with Crippen LogP contribution in [0.2, 0.25) is 0 Å². The van der Waals surface area contributed by atoms with Crippen LogP contribution in [0.5, 0.6) is 0 Å². The van der Waals surface area contributed by atoms with Crippen LogP contribution in [0, 0.1) is 0 Å². The monoisotopic (exact) mass is 229 g/mol. The molecule has 3 rings (SSSR count). The van der Waals surface area contributed by atoms with E-state index >= 15 is 0 Å². The van der Waals surface area contributed by atoms with E-state index in [9.17, 15) is 0 Å². The van der Waals surface area contributed by atoms with E-state index in [0.29, 0.717) is 24.0 Å². The summed E-state index contributed by atoms with van der Waals surface area (Å²) in [7, 11) is 1.82. The molecule has 0 fully saturated rings. The summed E-state index contributed by atoms with van der Waals surface area (Å²) in [6, 6.07) is 9.69. The maximum Gasteiger partial charge on any atom is 0.241 e. The van der Waals surface area contributed by atoms with E-state index in [2.05, 4.69) is 15.5 Å². The molecule has 1 N–H and O–H groups in total. The van der Waals surface area contributed by atoms with E-state index in [4.69, 9.17) is 8.94 Å². The van der Waals surface area contributed by atoms with E-state index in [1.165, 1.54) is 0 Å². The van der Waals surface area contributed by atoms with Crippen molar-refractivity contribution >= 4 is 11.0 Å². The summed E-state index contributed by atoms with van der Waals surface area (Å²) in [6.07, 6.45) is 0. The average molecular weight is 229 g/mol. The zero-order valence-corrected chi connectivity index (χ0v) is 9.30. The topological polar surface area (TPSA) is 64.1 Å². The highest BCUT2D eigenvalue weighted by Crippen LogP contribution is 2.25. The van der Waals surface area contributed by atoms with Crippen molar-refractivity contribution in [2.75, 3.05) is 7.05 Å². The van der Waals surface area contributed by atoms with Crippen LogP contribution in [0.4, 0.5) is 0 Å². The molecule has 2 aromatic heterocycles. The first-order chi connectivity index (χ1) is 8.36. The fourth-order valence-corrected chi connectivity index (χ4v) is 1.67. The number of aromatic nitrogens is 2. The summed E-state index contributed by atoms with van der Waals surface area (Å²) < 4.78 is 10.7. The molecule has 2 heterocycles. The summed E-state index contributed by atoms with van der Waals surface area (Å²) in [5, 5.41) is 7.86. The molecule has 0 saturated carbocycles. The van der Waals surface area contributed by atoms with Crippen molar-refractivity contribution in [1.82, 2.24) is 15.5 Å². The van der Waals surface area contributed by atoms with Gasteiger partial charge < -0.3 is 14.3 Å². The van der Waals surface area contributed by atoms with Crippen molar-refractivity contribution < 1.29 is 8.94 Å². The molecule has 0 aliphatic heterocycles. The third-order valence-electron chi connectivity index (χ3n) is 2.44. The number of fused-ring (bicyclic) bond motifs is 1. The molecule has 0 aliphatic rings. The first-order valence-corrected chi connectivity index (χ1v) is 5.33. The van der Waals surface area contributed by atoms with Gasteiger partial charge >= 0.3 is 0 Å². The van der Waals surface area contributed by atoms with Crippen molar-refractivity contribution in [1.29, 1.82) is 0 Å². The summed E-state index contributed by atoms with van der Waals surface area (Å²) in [6.45, 7) is 0.549. The molecular weight excluding hydrogens is 218 g/mol. The van der Waals surface area contributed by atoms with Crippen LogP contribution < -0.4 is 5.32 Å². The van der Waals surface area contributed by atoms with E-state index in [1.54, 1.807) is 0 Å². The molecule has 0 amide bonds. The largest absolute Gasteiger partial charge is 0.453 e. The fraction of sp³-hybridized carbons (Fsp3) is 0.167. The molecule has 5 heteroatoms. The second-order valence-electron chi connectivity index (χ2n) is 3.69. The Morgan fingerprint density at radius 1 is 1.29 bits per heavy atom. The van der Waals surface area contributed by atoms with Crippen molar-refractivity contribution in [3.05, 3.63) is 36.2 Å². The maximum atomic E-state index is 5.64. The van der Waals surface area contributed by atoms with Gasteiger partial charge in [0.2, 0.25) is 11.7 Å². The van der Waals surface area contributed by atoms with E-state index in [-0.39, 0.29) is 0 Å². The lowest BCUT2D eigenvalue weighted by Gasteiger charge is -1.87. The molecular formula is C12H11N3O2. The average Bonchev–Trinajstić information content (AvgIpc) is 2.94. The third-order valence-corrected chi connectivity index (χ3v) is 2.44. The Labute approximate surface area is 97.4 Å². The minimum absolute atomic E-state index is 0.478. The molecule has 17 heavy (non-hydrogen) atoms. The van der Waals surface area contributed by atoms with Crippen molar-refractivity contribution in [3.63, 3.8) is 0 Å². The Kier molecular flexibility index (Phi) is 2.38. The van der Waals surface area contributed by atoms with Gasteiger partial charge in [0.1, 0.15) is 5.58 Å². The Balaban J connectivity index is 2.01. The summed E-state index contributed by atoms with van der Waals surface area (Å²) in [5.41, 5.74) is 0.822. The smallest absolute Gasteiger partial charge is 0.241 e. The fourth-order valence-electron chi connectivity index (χ4n) is 1.67. The molecule has 0 saturated heterocycles. The zero-order valence-electron chi connectivity index (χ0n) is 9.30. The van der Waals surface area contributed by atoms with Gasteiger partial charge in [-0.1, -0.05) is 23.4 Å². The minimum Gasteiger partial charge on any atom is -0.453 e. The predicted molar refractivity (Wildman–Crippen MR) is 62.3 cm³/mol.